The number of fused-ring (bicyclic) bond motifs is 2. The van der Waals surface area contributed by atoms with Crippen LogP contribution in [0.2, 0.25) is 10.1 Å². The van der Waals surface area contributed by atoms with Crippen molar-refractivity contribution < 1.29 is 23.4 Å². The van der Waals surface area contributed by atoms with Gasteiger partial charge in [-0.2, -0.15) is 0 Å². The first kappa shape index (κ1) is 32.1. The summed E-state index contributed by atoms with van der Waals surface area (Å²) in [6.45, 7) is 13.8. The van der Waals surface area contributed by atoms with Crippen LogP contribution in [0.4, 0.5) is 0 Å². The molecule has 45 heavy (non-hydrogen) atoms. The number of rotatable bonds is 8. The van der Waals surface area contributed by atoms with E-state index in [0.717, 1.165) is 20.7 Å². The first-order valence-corrected chi connectivity index (χ1v) is 19.8. The Morgan fingerprint density at radius 3 is 1.22 bits per heavy atom. The molecule has 0 amide bonds. The highest BCUT2D eigenvalue weighted by molar-refractivity contribution is 7.00. The molecule has 236 valence electrons. The van der Waals surface area contributed by atoms with E-state index in [0.29, 0.717) is 6.61 Å². The van der Waals surface area contributed by atoms with Gasteiger partial charge in [0.1, 0.15) is 24.4 Å². The summed E-state index contributed by atoms with van der Waals surface area (Å²) in [5.74, 6) is 0. The Morgan fingerprint density at radius 2 is 0.889 bits per heavy atom. The minimum Gasteiger partial charge on any atom is -0.399 e. The van der Waals surface area contributed by atoms with Crippen molar-refractivity contribution in [3.63, 3.8) is 0 Å². The summed E-state index contributed by atoms with van der Waals surface area (Å²) >= 11 is 0. The molecule has 2 aliphatic rings. The second-order valence-corrected chi connectivity index (χ2v) is 22.9. The lowest BCUT2D eigenvalue weighted by molar-refractivity contribution is -0.219. The van der Waals surface area contributed by atoms with Crippen molar-refractivity contribution in [1.82, 2.24) is 0 Å². The van der Waals surface area contributed by atoms with Crippen molar-refractivity contribution in [3.05, 3.63) is 121 Å². The monoisotopic (exact) mass is 638 g/mol. The van der Waals surface area contributed by atoms with Crippen LogP contribution in [-0.4, -0.2) is 59.1 Å². The third-order valence-corrected chi connectivity index (χ3v) is 19.6. The van der Waals surface area contributed by atoms with Crippen LogP contribution in [0.5, 0.6) is 0 Å². The van der Waals surface area contributed by atoms with Gasteiger partial charge in [0, 0.05) is 0 Å². The van der Waals surface area contributed by atoms with Crippen LogP contribution >= 0.6 is 0 Å². The zero-order valence-electron chi connectivity index (χ0n) is 27.2. The molecule has 1 N–H and O–H groups in total. The van der Waals surface area contributed by atoms with Crippen LogP contribution in [-0.2, 0) is 18.3 Å². The number of benzene rings is 4. The molecule has 7 heteroatoms. The molecular formula is C38H46O5Si2. The number of aliphatic hydroxyl groups excluding tert-OH is 1. The number of ether oxygens (including phenoxy) is 2. The highest BCUT2D eigenvalue weighted by atomic mass is 28.4. The Balaban J connectivity index is 1.47. The van der Waals surface area contributed by atoms with Crippen LogP contribution in [0.25, 0.3) is 0 Å². The zero-order valence-corrected chi connectivity index (χ0v) is 29.2. The van der Waals surface area contributed by atoms with E-state index < -0.39 is 47.3 Å². The minimum absolute atomic E-state index is 0.264. The lowest BCUT2D eigenvalue weighted by atomic mass is 10.0. The molecule has 0 saturated carbocycles. The molecule has 2 aliphatic heterocycles. The second-order valence-electron chi connectivity index (χ2n) is 14.4. The number of hydrogen-bond acceptors (Lipinski definition) is 5. The van der Waals surface area contributed by atoms with Crippen LogP contribution in [0, 0.1) is 0 Å². The first-order chi connectivity index (χ1) is 21.5. The topological polar surface area (TPSA) is 57.2 Å². The largest absolute Gasteiger partial charge is 0.399 e. The Labute approximate surface area is 270 Å². The van der Waals surface area contributed by atoms with Gasteiger partial charge in [0.05, 0.1) is 6.61 Å². The summed E-state index contributed by atoms with van der Waals surface area (Å²) in [5.41, 5.74) is 0. The highest BCUT2D eigenvalue weighted by Gasteiger charge is 2.61. The molecule has 0 aliphatic carbocycles. The fourth-order valence-corrected chi connectivity index (χ4v) is 16.8. The molecule has 0 spiro atoms. The number of hydrogen-bond donors (Lipinski definition) is 1. The van der Waals surface area contributed by atoms with Crippen LogP contribution in [0.3, 0.4) is 0 Å². The van der Waals surface area contributed by atoms with Gasteiger partial charge in [-0.05, 0) is 30.8 Å². The second kappa shape index (κ2) is 12.4. The molecule has 2 heterocycles. The van der Waals surface area contributed by atoms with Crippen molar-refractivity contribution in [3.8, 4) is 0 Å². The van der Waals surface area contributed by atoms with Crippen LogP contribution in [0.15, 0.2) is 121 Å². The first-order valence-electron chi connectivity index (χ1n) is 16.0. The summed E-state index contributed by atoms with van der Waals surface area (Å²) in [4.78, 5) is 0. The summed E-state index contributed by atoms with van der Waals surface area (Å²) in [6.07, 6.45) is -3.48. The molecule has 2 saturated heterocycles. The normalized spacial score (nSPS) is 24.0. The molecule has 5 atom stereocenters. The maximum Gasteiger partial charge on any atom is 0.261 e. The van der Waals surface area contributed by atoms with E-state index in [1.807, 2.05) is 24.3 Å². The zero-order chi connectivity index (χ0) is 31.9. The van der Waals surface area contributed by atoms with Crippen LogP contribution < -0.4 is 20.7 Å². The summed E-state index contributed by atoms with van der Waals surface area (Å²) in [6, 6.07) is 42.1. The standard InChI is InChI=1S/C38H46O5Si2/c1-37(2,3)44(28-19-11-7-12-20-28,29-21-13-8-14-22-29)42-34-32-27-40-36(41-32)35(33(34)39)43-45(38(4,5)6,30-23-15-9-16-24-30)31-25-17-10-18-26-31/h7-26,32-36,39H,27H2,1-6H3/t32-,33+,34-,35-,36+/m1/s1. The van der Waals surface area contributed by atoms with E-state index in [4.69, 9.17) is 18.3 Å². The fourth-order valence-electron chi connectivity index (χ4n) is 7.41. The highest BCUT2D eigenvalue weighted by Crippen LogP contribution is 2.44. The molecular weight excluding hydrogens is 593 g/mol. The predicted molar refractivity (Wildman–Crippen MR) is 186 cm³/mol. The molecule has 2 fully saturated rings. The summed E-state index contributed by atoms with van der Waals surface area (Å²) in [7, 11) is -6.05. The van der Waals surface area contributed by atoms with E-state index in [2.05, 4.69) is 139 Å². The average molecular weight is 639 g/mol. The predicted octanol–water partition coefficient (Wildman–Crippen LogP) is 4.99. The van der Waals surface area contributed by atoms with Crippen LogP contribution in [0.1, 0.15) is 41.5 Å². The van der Waals surface area contributed by atoms with Crippen molar-refractivity contribution in [2.75, 3.05) is 6.61 Å². The third kappa shape index (κ3) is 5.59. The van der Waals surface area contributed by atoms with Crippen molar-refractivity contribution in [2.24, 2.45) is 0 Å². The van der Waals surface area contributed by atoms with Crippen molar-refractivity contribution >= 4 is 37.4 Å². The maximum atomic E-state index is 12.5. The lowest BCUT2D eigenvalue weighted by Gasteiger charge is -2.51. The van der Waals surface area contributed by atoms with Gasteiger partial charge >= 0.3 is 0 Å². The Kier molecular flexibility index (Phi) is 8.82. The SMILES string of the molecule is CC(C)(C)[Si](O[C@H]1[C@H]2OC[C@@H](O2)[C@@H](O[Si](c2ccccc2)(c2ccccc2)C(C)(C)C)[C@@H]1O)(c1ccccc1)c1ccccc1. The summed E-state index contributed by atoms with van der Waals surface area (Å²) in [5, 5.41) is 16.5. The van der Waals surface area contributed by atoms with E-state index >= 15 is 0 Å². The Bertz CT molecular complexity index is 1340. The Hall–Kier alpha value is -2.89. The molecule has 4 aromatic carbocycles. The maximum absolute atomic E-state index is 12.5. The molecule has 5 nitrogen and oxygen atoms in total. The molecule has 0 unspecified atom stereocenters. The van der Waals surface area contributed by atoms with E-state index in [9.17, 15) is 5.11 Å². The summed E-state index contributed by atoms with van der Waals surface area (Å²) < 4.78 is 27.8. The lowest BCUT2D eigenvalue weighted by Crippen LogP contribution is -2.73. The fraction of sp³-hybridized carbons (Fsp3) is 0.368. The minimum atomic E-state index is -3.04. The van der Waals surface area contributed by atoms with Gasteiger partial charge in [-0.25, -0.2) is 0 Å². The van der Waals surface area contributed by atoms with Gasteiger partial charge in [0.15, 0.2) is 6.29 Å². The smallest absolute Gasteiger partial charge is 0.261 e. The van der Waals surface area contributed by atoms with Gasteiger partial charge in [-0.1, -0.05) is 163 Å². The average Bonchev–Trinajstić information content (AvgIpc) is 3.48. The van der Waals surface area contributed by atoms with Gasteiger partial charge in [-0.15, -0.1) is 0 Å². The third-order valence-electron chi connectivity index (χ3n) is 9.50. The molecule has 4 aromatic rings. The van der Waals surface area contributed by atoms with Crippen molar-refractivity contribution in [2.45, 2.75) is 82.3 Å². The van der Waals surface area contributed by atoms with Gasteiger partial charge in [0.2, 0.25) is 0 Å². The van der Waals surface area contributed by atoms with Gasteiger partial charge < -0.3 is 23.4 Å². The molecule has 0 radical (unpaired) electrons. The van der Waals surface area contributed by atoms with Crippen molar-refractivity contribution in [1.29, 1.82) is 0 Å². The van der Waals surface area contributed by atoms with E-state index in [1.54, 1.807) is 0 Å². The van der Waals surface area contributed by atoms with Gasteiger partial charge in [-0.3, -0.25) is 0 Å². The molecule has 2 bridgehead atoms. The quantitative estimate of drug-likeness (QED) is 0.276. The Morgan fingerprint density at radius 1 is 0.556 bits per heavy atom. The van der Waals surface area contributed by atoms with E-state index in [-0.39, 0.29) is 10.1 Å². The van der Waals surface area contributed by atoms with Gasteiger partial charge in [0.25, 0.3) is 16.6 Å². The molecule has 6 rings (SSSR count). The van der Waals surface area contributed by atoms with E-state index in [1.165, 1.54) is 0 Å². The molecule has 0 aromatic heterocycles. The number of aliphatic hydroxyl groups is 1.